The third-order valence-corrected chi connectivity index (χ3v) is 3.25. The summed E-state index contributed by atoms with van der Waals surface area (Å²) in [5.74, 6) is 0.0622. The van der Waals surface area contributed by atoms with Gasteiger partial charge in [0.15, 0.2) is 0 Å². The molecule has 0 saturated carbocycles. The molecule has 3 rings (SSSR count). The molecule has 0 saturated heterocycles. The lowest BCUT2D eigenvalue weighted by molar-refractivity contribution is 0.0981. The molecule has 0 unspecified atom stereocenters. The summed E-state index contributed by atoms with van der Waals surface area (Å²) in [6.45, 7) is 4.22. The Morgan fingerprint density at radius 2 is 1.96 bits per heavy atom. The van der Waals surface area contributed by atoms with Gasteiger partial charge in [0.2, 0.25) is 5.82 Å². The van der Waals surface area contributed by atoms with Gasteiger partial charge in [0.25, 0.3) is 0 Å². The standard InChI is InChI=1S/C16H15N5O2/c1-10(2)11-3-5-12(6-4-11)19-15(22)16-20-14(21-23-16)13-9-17-7-8-18-13/h3-10H,1-2H3,(H,19,22). The van der Waals surface area contributed by atoms with Crippen molar-refractivity contribution in [2.45, 2.75) is 19.8 Å². The maximum Gasteiger partial charge on any atom is 0.316 e. The van der Waals surface area contributed by atoms with Crippen LogP contribution in [0.25, 0.3) is 11.5 Å². The second-order valence-electron chi connectivity index (χ2n) is 5.24. The number of nitrogens with zero attached hydrogens (tertiary/aromatic N) is 4. The van der Waals surface area contributed by atoms with E-state index in [1.54, 1.807) is 0 Å². The number of aromatic nitrogens is 4. The van der Waals surface area contributed by atoms with Crippen LogP contribution in [-0.2, 0) is 0 Å². The van der Waals surface area contributed by atoms with Crippen LogP contribution >= 0.6 is 0 Å². The molecule has 0 bridgehead atoms. The molecule has 2 heterocycles. The molecule has 1 amide bonds. The van der Waals surface area contributed by atoms with Crippen molar-refractivity contribution in [3.8, 4) is 11.5 Å². The van der Waals surface area contributed by atoms with Gasteiger partial charge in [-0.3, -0.25) is 9.78 Å². The first kappa shape index (κ1) is 14.8. The Morgan fingerprint density at radius 3 is 2.61 bits per heavy atom. The number of carbonyl (C=O) groups is 1. The SMILES string of the molecule is CC(C)c1ccc(NC(=O)c2nc(-c3cnccn3)no2)cc1. The van der Waals surface area contributed by atoms with Crippen molar-refractivity contribution >= 4 is 11.6 Å². The molecule has 1 aromatic carbocycles. The number of rotatable bonds is 4. The molecule has 116 valence electrons. The number of anilines is 1. The number of nitrogens with one attached hydrogen (secondary N) is 1. The molecule has 7 nitrogen and oxygen atoms in total. The maximum atomic E-state index is 12.1. The molecule has 0 spiro atoms. The zero-order chi connectivity index (χ0) is 16.2. The van der Waals surface area contributed by atoms with Gasteiger partial charge in [0.1, 0.15) is 5.69 Å². The average molecular weight is 309 g/mol. The van der Waals surface area contributed by atoms with Crippen LogP contribution < -0.4 is 5.32 Å². The van der Waals surface area contributed by atoms with E-state index in [0.717, 1.165) is 0 Å². The zero-order valence-corrected chi connectivity index (χ0v) is 12.7. The first-order chi connectivity index (χ1) is 11.1. The van der Waals surface area contributed by atoms with Crippen molar-refractivity contribution in [2.75, 3.05) is 5.32 Å². The van der Waals surface area contributed by atoms with Crippen molar-refractivity contribution in [3.05, 3.63) is 54.3 Å². The summed E-state index contributed by atoms with van der Waals surface area (Å²) >= 11 is 0. The van der Waals surface area contributed by atoms with Gasteiger partial charge in [-0.25, -0.2) is 4.98 Å². The van der Waals surface area contributed by atoms with E-state index >= 15 is 0 Å². The number of amides is 1. The van der Waals surface area contributed by atoms with Gasteiger partial charge in [-0.1, -0.05) is 31.1 Å². The molecule has 0 aliphatic rings. The molecule has 23 heavy (non-hydrogen) atoms. The summed E-state index contributed by atoms with van der Waals surface area (Å²) in [5, 5.41) is 6.45. The summed E-state index contributed by atoms with van der Waals surface area (Å²) in [5.41, 5.74) is 2.31. The fraction of sp³-hybridized carbons (Fsp3) is 0.188. The van der Waals surface area contributed by atoms with Gasteiger partial charge in [-0.05, 0) is 23.6 Å². The van der Waals surface area contributed by atoms with Gasteiger partial charge in [-0.2, -0.15) is 4.98 Å². The van der Waals surface area contributed by atoms with E-state index in [2.05, 4.69) is 39.3 Å². The Labute approximate surface area is 132 Å². The molecule has 0 atom stereocenters. The van der Waals surface area contributed by atoms with Crippen LogP contribution in [0.3, 0.4) is 0 Å². The van der Waals surface area contributed by atoms with Gasteiger partial charge < -0.3 is 9.84 Å². The lowest BCUT2D eigenvalue weighted by atomic mass is 10.0. The Balaban J connectivity index is 1.72. The minimum Gasteiger partial charge on any atom is -0.328 e. The molecule has 0 fully saturated rings. The summed E-state index contributed by atoms with van der Waals surface area (Å²) in [6.07, 6.45) is 4.55. The Bertz CT molecular complexity index is 797. The topological polar surface area (TPSA) is 93.8 Å². The van der Waals surface area contributed by atoms with E-state index in [4.69, 9.17) is 4.52 Å². The van der Waals surface area contributed by atoms with E-state index < -0.39 is 5.91 Å². The lowest BCUT2D eigenvalue weighted by Gasteiger charge is -2.06. The van der Waals surface area contributed by atoms with E-state index in [9.17, 15) is 4.79 Å². The Hall–Kier alpha value is -3.09. The minimum absolute atomic E-state index is 0.126. The smallest absolute Gasteiger partial charge is 0.316 e. The Kier molecular flexibility index (Phi) is 4.09. The van der Waals surface area contributed by atoms with Gasteiger partial charge in [-0.15, -0.1) is 0 Å². The minimum atomic E-state index is -0.468. The van der Waals surface area contributed by atoms with E-state index in [0.29, 0.717) is 17.3 Å². The van der Waals surface area contributed by atoms with Crippen LogP contribution in [0, 0.1) is 0 Å². The quantitative estimate of drug-likeness (QED) is 0.796. The summed E-state index contributed by atoms with van der Waals surface area (Å²) in [4.78, 5) is 24.1. The second-order valence-corrected chi connectivity index (χ2v) is 5.24. The van der Waals surface area contributed by atoms with Gasteiger partial charge in [0.05, 0.1) is 6.20 Å². The third kappa shape index (κ3) is 3.39. The average Bonchev–Trinajstić information content (AvgIpc) is 3.06. The highest BCUT2D eigenvalue weighted by atomic mass is 16.5. The van der Waals surface area contributed by atoms with Gasteiger partial charge >= 0.3 is 11.8 Å². The molecule has 2 aromatic heterocycles. The molecular formula is C16H15N5O2. The van der Waals surface area contributed by atoms with Crippen molar-refractivity contribution in [3.63, 3.8) is 0 Å². The molecule has 0 radical (unpaired) electrons. The molecule has 1 N–H and O–H groups in total. The van der Waals surface area contributed by atoms with Crippen LogP contribution in [0.5, 0.6) is 0 Å². The molecule has 0 aliphatic heterocycles. The predicted octanol–water partition coefficient (Wildman–Crippen LogP) is 2.90. The van der Waals surface area contributed by atoms with E-state index in [-0.39, 0.29) is 11.7 Å². The zero-order valence-electron chi connectivity index (χ0n) is 12.7. The van der Waals surface area contributed by atoms with Crippen molar-refractivity contribution in [1.29, 1.82) is 0 Å². The molecular weight excluding hydrogens is 294 g/mol. The molecule has 7 heteroatoms. The van der Waals surface area contributed by atoms with Crippen LogP contribution in [0.1, 0.15) is 36.0 Å². The third-order valence-electron chi connectivity index (χ3n) is 3.25. The van der Waals surface area contributed by atoms with Crippen LogP contribution in [0.2, 0.25) is 0 Å². The number of benzene rings is 1. The summed E-state index contributed by atoms with van der Waals surface area (Å²) in [7, 11) is 0. The van der Waals surface area contributed by atoms with Crippen molar-refractivity contribution in [1.82, 2.24) is 20.1 Å². The number of hydrogen-bond acceptors (Lipinski definition) is 6. The van der Waals surface area contributed by atoms with Gasteiger partial charge in [0, 0.05) is 18.1 Å². The van der Waals surface area contributed by atoms with Crippen LogP contribution in [0.15, 0.2) is 47.4 Å². The monoisotopic (exact) mass is 309 g/mol. The lowest BCUT2D eigenvalue weighted by Crippen LogP contribution is -2.12. The number of carbonyl (C=O) groups excluding carboxylic acids is 1. The normalized spacial score (nSPS) is 10.7. The highest BCUT2D eigenvalue weighted by Crippen LogP contribution is 2.18. The summed E-state index contributed by atoms with van der Waals surface area (Å²) < 4.78 is 4.97. The first-order valence-corrected chi connectivity index (χ1v) is 7.15. The first-order valence-electron chi connectivity index (χ1n) is 7.15. The predicted molar refractivity (Wildman–Crippen MR) is 83.8 cm³/mol. The van der Waals surface area contributed by atoms with Crippen LogP contribution in [-0.4, -0.2) is 26.0 Å². The van der Waals surface area contributed by atoms with Crippen LogP contribution in [0.4, 0.5) is 5.69 Å². The number of hydrogen-bond donors (Lipinski definition) is 1. The van der Waals surface area contributed by atoms with Crippen molar-refractivity contribution in [2.24, 2.45) is 0 Å². The fourth-order valence-corrected chi connectivity index (χ4v) is 1.97. The van der Waals surface area contributed by atoms with E-state index in [1.165, 1.54) is 24.2 Å². The van der Waals surface area contributed by atoms with E-state index in [1.807, 2.05) is 24.3 Å². The fourth-order valence-electron chi connectivity index (χ4n) is 1.97. The largest absolute Gasteiger partial charge is 0.328 e. The second kappa shape index (κ2) is 6.35. The molecule has 3 aromatic rings. The highest BCUT2D eigenvalue weighted by molar-refractivity contribution is 6.01. The van der Waals surface area contributed by atoms with Crippen molar-refractivity contribution < 1.29 is 9.32 Å². The summed E-state index contributed by atoms with van der Waals surface area (Å²) in [6, 6.07) is 7.62. The highest BCUT2D eigenvalue weighted by Gasteiger charge is 2.17. The molecule has 0 aliphatic carbocycles. The Morgan fingerprint density at radius 1 is 1.17 bits per heavy atom. The maximum absolute atomic E-state index is 12.1.